The standard InChI is InChI=1S/C45H55N5O7/c1-7-41(53)22-28-23-43(25-46,36-30(14-18-49(24-28)26-41)29-12-9-10-13-33(29)47-36)32-20-31-34(21-35(32)55-5)48(4)38-44(31)16-19-50-17-11-15-42(8-2,37(44)50)39(57-27(3)51)45(38,54)40(52)56-6/h9-13,15,20-21,28,37-39,47,53-54H,7-8,14,16-19,22-24,26H2,1-6H3/t28-,37-,38?,39+,41-,42+,43-,44+,45?/m0/s1. The van der Waals surface area contributed by atoms with E-state index in [0.717, 1.165) is 52.1 Å². The molecule has 1 aliphatic carbocycles. The Morgan fingerprint density at radius 3 is 2.54 bits per heavy atom. The van der Waals surface area contributed by atoms with E-state index in [4.69, 9.17) is 14.2 Å². The van der Waals surface area contributed by atoms with E-state index in [1.807, 2.05) is 44.0 Å². The summed E-state index contributed by atoms with van der Waals surface area (Å²) in [5.74, 6) is -0.923. The third kappa shape index (κ3) is 4.92. The summed E-state index contributed by atoms with van der Waals surface area (Å²) < 4.78 is 17.9. The molecule has 1 saturated carbocycles. The number of aromatic nitrogens is 1. The Kier molecular flexibility index (Phi) is 8.73. The number of fused-ring (bicyclic) bond motifs is 6. The largest absolute Gasteiger partial charge is 0.496 e. The van der Waals surface area contributed by atoms with E-state index >= 15 is 0 Å². The van der Waals surface area contributed by atoms with E-state index in [2.05, 4.69) is 51.2 Å². The number of likely N-dealkylation sites (N-methyl/N-ethyl adjacent to an activating group) is 1. The molecule has 10 atom stereocenters. The molecule has 3 aromatic rings. The zero-order valence-corrected chi connectivity index (χ0v) is 33.9. The van der Waals surface area contributed by atoms with Gasteiger partial charge in [-0.25, -0.2) is 4.79 Å². The zero-order chi connectivity index (χ0) is 40.3. The molecule has 0 amide bonds. The van der Waals surface area contributed by atoms with Crippen LogP contribution in [0.4, 0.5) is 5.69 Å². The number of carbonyl (C=O) groups is 2. The number of ether oxygens (including phenoxy) is 3. The fraction of sp³-hybridized carbons (Fsp3) is 0.578. The van der Waals surface area contributed by atoms with Gasteiger partial charge in [0.1, 0.15) is 11.2 Å². The summed E-state index contributed by atoms with van der Waals surface area (Å²) >= 11 is 0. The van der Waals surface area contributed by atoms with Crippen LogP contribution < -0.4 is 9.64 Å². The van der Waals surface area contributed by atoms with Crippen LogP contribution in [0.1, 0.15) is 75.3 Å². The number of carbonyl (C=O) groups excluding carboxylic acids is 2. The van der Waals surface area contributed by atoms with Gasteiger partial charge in [0.15, 0.2) is 6.10 Å². The first-order valence-corrected chi connectivity index (χ1v) is 20.6. The predicted molar refractivity (Wildman–Crippen MR) is 214 cm³/mol. The second-order valence-corrected chi connectivity index (χ2v) is 17.8. The van der Waals surface area contributed by atoms with Crippen molar-refractivity contribution in [1.82, 2.24) is 14.8 Å². The average Bonchev–Trinajstić information content (AvgIpc) is 3.87. The normalized spacial score (nSPS) is 37.8. The highest BCUT2D eigenvalue weighted by Crippen LogP contribution is 2.68. The predicted octanol–water partition coefficient (Wildman–Crippen LogP) is 4.34. The Labute approximate surface area is 334 Å². The molecule has 57 heavy (non-hydrogen) atoms. The molecule has 3 N–H and O–H groups in total. The maximum atomic E-state index is 14.3. The Hall–Kier alpha value is -4.41. The molecule has 1 aromatic heterocycles. The maximum Gasteiger partial charge on any atom is 0.344 e. The minimum Gasteiger partial charge on any atom is -0.496 e. The lowest BCUT2D eigenvalue weighted by Gasteiger charge is -2.63. The Bertz CT molecular complexity index is 2230. The highest BCUT2D eigenvalue weighted by molar-refractivity contribution is 5.88. The highest BCUT2D eigenvalue weighted by atomic mass is 16.6. The number of rotatable bonds is 6. The van der Waals surface area contributed by atoms with Gasteiger partial charge in [0.05, 0.1) is 31.9 Å². The van der Waals surface area contributed by atoms with Gasteiger partial charge < -0.3 is 34.3 Å². The molecule has 3 unspecified atom stereocenters. The lowest BCUT2D eigenvalue weighted by atomic mass is 9.47. The fourth-order valence-corrected chi connectivity index (χ4v) is 13.2. The highest BCUT2D eigenvalue weighted by Gasteiger charge is 2.80. The van der Waals surface area contributed by atoms with Crippen molar-refractivity contribution in [3.63, 3.8) is 0 Å². The number of nitrogens with zero attached hydrogens (tertiary/aromatic N) is 4. The molecule has 3 fully saturated rings. The first-order valence-electron chi connectivity index (χ1n) is 20.6. The second-order valence-electron chi connectivity index (χ2n) is 17.8. The van der Waals surface area contributed by atoms with Crippen LogP contribution in [0.15, 0.2) is 48.6 Å². The van der Waals surface area contributed by atoms with Crippen LogP contribution in [0.2, 0.25) is 0 Å². The van der Waals surface area contributed by atoms with E-state index in [1.54, 1.807) is 7.11 Å². The van der Waals surface area contributed by atoms with Crippen LogP contribution in [0.25, 0.3) is 10.9 Å². The van der Waals surface area contributed by atoms with Crippen molar-refractivity contribution in [2.75, 3.05) is 58.9 Å². The molecule has 9 rings (SSSR count). The quantitative estimate of drug-likeness (QED) is 0.242. The lowest BCUT2D eigenvalue weighted by Crippen LogP contribution is -2.81. The van der Waals surface area contributed by atoms with Crippen LogP contribution in [0, 0.1) is 22.7 Å². The topological polar surface area (TPSA) is 152 Å². The van der Waals surface area contributed by atoms with E-state index in [-0.39, 0.29) is 12.0 Å². The first kappa shape index (κ1) is 38.1. The van der Waals surface area contributed by atoms with Gasteiger partial charge >= 0.3 is 11.9 Å². The van der Waals surface area contributed by atoms with Crippen LogP contribution in [-0.2, 0) is 36.3 Å². The van der Waals surface area contributed by atoms with Crippen LogP contribution in [0.3, 0.4) is 0 Å². The number of aliphatic hydroxyl groups is 2. The van der Waals surface area contributed by atoms with Crippen molar-refractivity contribution in [3.05, 3.63) is 70.9 Å². The van der Waals surface area contributed by atoms with Crippen LogP contribution >= 0.6 is 0 Å². The van der Waals surface area contributed by atoms with Gasteiger partial charge in [-0.3, -0.25) is 14.6 Å². The van der Waals surface area contributed by atoms with E-state index in [1.165, 1.54) is 14.0 Å². The number of hydrogen-bond acceptors (Lipinski definition) is 11. The summed E-state index contributed by atoms with van der Waals surface area (Å²) in [6.45, 7) is 8.86. The molecule has 2 saturated heterocycles. The summed E-state index contributed by atoms with van der Waals surface area (Å²) in [7, 11) is 4.78. The van der Waals surface area contributed by atoms with E-state index in [0.29, 0.717) is 63.9 Å². The van der Waals surface area contributed by atoms with Gasteiger partial charge in [0.25, 0.3) is 0 Å². The smallest absolute Gasteiger partial charge is 0.344 e. The molecule has 12 nitrogen and oxygen atoms in total. The zero-order valence-electron chi connectivity index (χ0n) is 33.9. The van der Waals surface area contributed by atoms with Crippen molar-refractivity contribution >= 4 is 28.5 Å². The molecule has 6 aliphatic rings. The number of benzene rings is 2. The van der Waals surface area contributed by atoms with Gasteiger partial charge in [-0.1, -0.05) is 44.2 Å². The number of esters is 2. The molecule has 2 bridgehead atoms. The number of para-hydroxylation sites is 1. The molecule has 1 spiro atoms. The van der Waals surface area contributed by atoms with Gasteiger partial charge in [-0.15, -0.1) is 0 Å². The van der Waals surface area contributed by atoms with Gasteiger partial charge in [0.2, 0.25) is 5.60 Å². The van der Waals surface area contributed by atoms with E-state index in [9.17, 15) is 25.1 Å². The van der Waals surface area contributed by atoms with Crippen LogP contribution in [0.5, 0.6) is 5.75 Å². The van der Waals surface area contributed by atoms with Crippen LogP contribution in [-0.4, -0.2) is 120 Å². The molecular formula is C45H55N5O7. The fourth-order valence-electron chi connectivity index (χ4n) is 13.2. The molecule has 5 aliphatic heterocycles. The summed E-state index contributed by atoms with van der Waals surface area (Å²) in [6, 6.07) is 14.1. The van der Waals surface area contributed by atoms with Crippen molar-refractivity contribution in [2.24, 2.45) is 11.3 Å². The molecule has 2 aromatic carbocycles. The Morgan fingerprint density at radius 1 is 1.05 bits per heavy atom. The minimum atomic E-state index is -2.27. The first-order chi connectivity index (χ1) is 27.3. The van der Waals surface area contributed by atoms with Crippen molar-refractivity contribution < 1.29 is 34.0 Å². The number of piperidine rings is 1. The number of hydrogen-bond donors (Lipinski definition) is 3. The van der Waals surface area contributed by atoms with Gasteiger partial charge in [0, 0.05) is 90.9 Å². The monoisotopic (exact) mass is 777 g/mol. The molecule has 6 heterocycles. The number of aromatic amines is 1. The third-order valence-electron chi connectivity index (χ3n) is 15.3. The van der Waals surface area contributed by atoms with E-state index < -0.39 is 51.5 Å². The maximum absolute atomic E-state index is 14.3. The van der Waals surface area contributed by atoms with Gasteiger partial charge in [-0.05, 0) is 74.2 Å². The Morgan fingerprint density at radius 2 is 1.84 bits per heavy atom. The minimum absolute atomic E-state index is 0.00552. The lowest BCUT2D eigenvalue weighted by molar-refractivity contribution is -0.228. The van der Waals surface area contributed by atoms with Crippen molar-refractivity contribution in [2.45, 2.75) is 99.5 Å². The SMILES string of the molecule is CC[C@]1(O)C[C@@H]2CN(CCc3c([nH]c4ccccc34)[C@@](C#N)(c3cc4c(cc3OC)N(C)C3C(O)(C(=O)OC)[C@H](OC(C)=O)[C@]5(CC)C=CCN6CC[C@]43[C@@H]65)C2)C1. The van der Waals surface area contributed by atoms with Crippen molar-refractivity contribution in [1.29, 1.82) is 5.26 Å². The van der Waals surface area contributed by atoms with Gasteiger partial charge in [-0.2, -0.15) is 5.26 Å². The number of nitriles is 1. The summed E-state index contributed by atoms with van der Waals surface area (Å²) in [4.78, 5) is 37.8. The Balaban J connectivity index is 1.34. The number of H-pyrrole nitrogens is 1. The second kappa shape index (κ2) is 13.0. The summed E-state index contributed by atoms with van der Waals surface area (Å²) in [6.07, 6.45) is 6.33. The number of anilines is 1. The average molecular weight is 778 g/mol. The van der Waals surface area contributed by atoms with Crippen molar-refractivity contribution in [3.8, 4) is 11.8 Å². The molecule has 12 heteroatoms. The molecule has 0 radical (unpaired) electrons. The summed E-state index contributed by atoms with van der Waals surface area (Å²) in [5.41, 5.74) is -0.836. The number of nitrogens with one attached hydrogen (secondary N) is 1. The number of methoxy groups -OCH3 is 2. The third-order valence-corrected chi connectivity index (χ3v) is 15.3. The molecule has 302 valence electrons. The summed E-state index contributed by atoms with van der Waals surface area (Å²) in [5, 5.41) is 38.2. The molecular weight excluding hydrogens is 723 g/mol.